The van der Waals surface area contributed by atoms with E-state index >= 15 is 0 Å². The first kappa shape index (κ1) is 16.5. The van der Waals surface area contributed by atoms with Crippen molar-refractivity contribution < 1.29 is 9.59 Å². The van der Waals surface area contributed by atoms with Crippen LogP contribution >= 0.6 is 11.6 Å². The number of benzene rings is 1. The maximum atomic E-state index is 12.6. The average Bonchev–Trinajstić information content (AvgIpc) is 3.09. The minimum atomic E-state index is -0.216. The van der Waals surface area contributed by atoms with Gasteiger partial charge in [-0.05, 0) is 31.0 Å². The Morgan fingerprint density at radius 2 is 2.17 bits per heavy atom. The molecule has 0 bridgehead atoms. The first-order valence-electron chi connectivity index (χ1n) is 7.91. The van der Waals surface area contributed by atoms with Crippen LogP contribution in [0.1, 0.15) is 19.8 Å². The zero-order valence-electron chi connectivity index (χ0n) is 13.4. The number of piperidine rings is 1. The van der Waals surface area contributed by atoms with Crippen molar-refractivity contribution in [1.82, 2.24) is 14.7 Å². The third kappa shape index (κ3) is 3.43. The average molecular weight is 347 g/mol. The Balaban J connectivity index is 1.80. The largest absolute Gasteiger partial charge is 0.342 e. The van der Waals surface area contributed by atoms with E-state index in [0.29, 0.717) is 22.9 Å². The topological polar surface area (TPSA) is 67.2 Å². The molecule has 6 nitrogen and oxygen atoms in total. The molecule has 0 aliphatic carbocycles. The minimum absolute atomic E-state index is 0.00693. The van der Waals surface area contributed by atoms with Crippen molar-refractivity contribution in [2.45, 2.75) is 19.8 Å². The van der Waals surface area contributed by atoms with Gasteiger partial charge in [-0.3, -0.25) is 9.59 Å². The fraction of sp³-hybridized carbons (Fsp3) is 0.353. The number of carbonyl (C=O) groups excluding carboxylic acids is 2. The van der Waals surface area contributed by atoms with Crippen molar-refractivity contribution in [2.24, 2.45) is 5.92 Å². The quantitative estimate of drug-likeness (QED) is 0.929. The maximum absolute atomic E-state index is 12.6. The Labute approximate surface area is 145 Å². The van der Waals surface area contributed by atoms with Crippen LogP contribution in [0.2, 0.25) is 5.02 Å². The standard InChI is InChI=1S/C17H19ClN4O2/c1-12(23)21-9-3-5-13(11-21)17(24)20-15-7-2-6-14(18)16(15)22-10-4-8-19-22/h2,4,6-8,10,13H,3,5,9,11H2,1H3,(H,20,24). The van der Waals surface area contributed by atoms with Gasteiger partial charge in [-0.2, -0.15) is 5.10 Å². The second-order valence-corrected chi connectivity index (χ2v) is 6.29. The lowest BCUT2D eigenvalue weighted by molar-refractivity contribution is -0.132. The summed E-state index contributed by atoms with van der Waals surface area (Å²) in [7, 11) is 0. The summed E-state index contributed by atoms with van der Waals surface area (Å²) in [4.78, 5) is 25.9. The lowest BCUT2D eigenvalue weighted by atomic mass is 9.97. The third-order valence-corrected chi connectivity index (χ3v) is 4.52. The summed E-state index contributed by atoms with van der Waals surface area (Å²) in [5.41, 5.74) is 1.24. The van der Waals surface area contributed by atoms with Crippen LogP contribution in [0.4, 0.5) is 5.69 Å². The first-order chi connectivity index (χ1) is 11.6. The van der Waals surface area contributed by atoms with Crippen LogP contribution in [0.25, 0.3) is 5.69 Å². The van der Waals surface area contributed by atoms with Gasteiger partial charge in [0.2, 0.25) is 11.8 Å². The van der Waals surface area contributed by atoms with E-state index in [1.807, 2.05) is 0 Å². The van der Waals surface area contributed by atoms with E-state index in [2.05, 4.69) is 10.4 Å². The molecule has 0 saturated carbocycles. The van der Waals surface area contributed by atoms with Gasteiger partial charge in [-0.15, -0.1) is 0 Å². The molecule has 1 saturated heterocycles. The molecule has 1 unspecified atom stereocenters. The summed E-state index contributed by atoms with van der Waals surface area (Å²) < 4.78 is 1.63. The smallest absolute Gasteiger partial charge is 0.229 e. The number of nitrogens with zero attached hydrogens (tertiary/aromatic N) is 3. The summed E-state index contributed by atoms with van der Waals surface area (Å²) in [5, 5.41) is 7.64. The predicted octanol–water partition coefficient (Wildman–Crippen LogP) is 2.72. The third-order valence-electron chi connectivity index (χ3n) is 4.22. The van der Waals surface area contributed by atoms with Gasteiger partial charge in [-0.25, -0.2) is 4.68 Å². The number of nitrogens with one attached hydrogen (secondary N) is 1. The number of halogens is 1. The van der Waals surface area contributed by atoms with E-state index in [4.69, 9.17) is 11.6 Å². The van der Waals surface area contributed by atoms with Gasteiger partial charge in [0.15, 0.2) is 0 Å². The van der Waals surface area contributed by atoms with Crippen LogP contribution in [0, 0.1) is 5.92 Å². The molecule has 126 valence electrons. The zero-order valence-corrected chi connectivity index (χ0v) is 14.2. The van der Waals surface area contributed by atoms with Crippen molar-refractivity contribution in [1.29, 1.82) is 0 Å². The number of amides is 2. The number of anilines is 1. The Morgan fingerprint density at radius 1 is 1.33 bits per heavy atom. The van der Waals surface area contributed by atoms with Crippen LogP contribution in [-0.2, 0) is 9.59 Å². The molecule has 2 aromatic rings. The van der Waals surface area contributed by atoms with Gasteiger partial charge in [0, 0.05) is 32.4 Å². The molecule has 7 heteroatoms. The molecule has 3 rings (SSSR count). The van der Waals surface area contributed by atoms with Gasteiger partial charge < -0.3 is 10.2 Å². The first-order valence-corrected chi connectivity index (χ1v) is 8.29. The lowest BCUT2D eigenvalue weighted by Gasteiger charge is -2.31. The number of aromatic nitrogens is 2. The fourth-order valence-corrected chi connectivity index (χ4v) is 3.22. The van der Waals surface area contributed by atoms with E-state index in [-0.39, 0.29) is 17.7 Å². The molecule has 24 heavy (non-hydrogen) atoms. The van der Waals surface area contributed by atoms with Crippen molar-refractivity contribution in [3.05, 3.63) is 41.7 Å². The van der Waals surface area contributed by atoms with E-state index < -0.39 is 0 Å². The van der Waals surface area contributed by atoms with Crippen molar-refractivity contribution in [3.63, 3.8) is 0 Å². The van der Waals surface area contributed by atoms with Crippen LogP contribution < -0.4 is 5.32 Å². The van der Waals surface area contributed by atoms with E-state index in [9.17, 15) is 9.59 Å². The second-order valence-electron chi connectivity index (χ2n) is 5.88. The van der Waals surface area contributed by atoms with E-state index in [1.165, 1.54) is 6.92 Å². The molecule has 2 amide bonds. The van der Waals surface area contributed by atoms with E-state index in [1.54, 1.807) is 46.2 Å². The highest BCUT2D eigenvalue weighted by molar-refractivity contribution is 6.33. The highest BCUT2D eigenvalue weighted by Gasteiger charge is 2.27. The molecule has 0 radical (unpaired) electrons. The Hall–Kier alpha value is -2.34. The van der Waals surface area contributed by atoms with Crippen LogP contribution in [0.5, 0.6) is 0 Å². The molecule has 1 aliphatic rings. The molecular weight excluding hydrogens is 328 g/mol. The van der Waals surface area contributed by atoms with Crippen molar-refractivity contribution in [2.75, 3.05) is 18.4 Å². The van der Waals surface area contributed by atoms with Gasteiger partial charge in [-0.1, -0.05) is 17.7 Å². The molecule has 1 fully saturated rings. The number of hydrogen-bond acceptors (Lipinski definition) is 3. The van der Waals surface area contributed by atoms with Crippen molar-refractivity contribution >= 4 is 29.1 Å². The monoisotopic (exact) mass is 346 g/mol. The number of hydrogen-bond donors (Lipinski definition) is 1. The van der Waals surface area contributed by atoms with Crippen LogP contribution in [0.3, 0.4) is 0 Å². The Bertz CT molecular complexity index is 745. The van der Waals surface area contributed by atoms with Crippen LogP contribution in [-0.4, -0.2) is 39.6 Å². The van der Waals surface area contributed by atoms with Gasteiger partial charge in [0.25, 0.3) is 0 Å². The number of likely N-dealkylation sites (tertiary alicyclic amines) is 1. The zero-order chi connectivity index (χ0) is 17.1. The molecule has 1 aromatic carbocycles. The SMILES string of the molecule is CC(=O)N1CCCC(C(=O)Nc2cccc(Cl)c2-n2cccn2)C1. The molecule has 2 heterocycles. The summed E-state index contributed by atoms with van der Waals surface area (Å²) >= 11 is 6.29. The van der Waals surface area contributed by atoms with Gasteiger partial charge >= 0.3 is 0 Å². The molecule has 1 aromatic heterocycles. The molecule has 1 aliphatic heterocycles. The summed E-state index contributed by atoms with van der Waals surface area (Å²) in [6.07, 6.45) is 5.03. The molecular formula is C17H19ClN4O2. The number of para-hydroxylation sites is 1. The maximum Gasteiger partial charge on any atom is 0.229 e. The Kier molecular flexibility index (Phi) is 4.85. The minimum Gasteiger partial charge on any atom is -0.342 e. The molecule has 1 atom stereocenters. The summed E-state index contributed by atoms with van der Waals surface area (Å²) in [6.45, 7) is 2.71. The molecule has 0 spiro atoms. The highest BCUT2D eigenvalue weighted by Crippen LogP contribution is 2.29. The normalized spacial score (nSPS) is 17.6. The van der Waals surface area contributed by atoms with Gasteiger partial charge in [0.05, 0.1) is 16.6 Å². The lowest BCUT2D eigenvalue weighted by Crippen LogP contribution is -2.42. The summed E-state index contributed by atoms with van der Waals surface area (Å²) in [5.74, 6) is -0.309. The summed E-state index contributed by atoms with van der Waals surface area (Å²) in [6, 6.07) is 7.13. The van der Waals surface area contributed by atoms with Gasteiger partial charge in [0.1, 0.15) is 5.69 Å². The second kappa shape index (κ2) is 7.05. The van der Waals surface area contributed by atoms with E-state index in [0.717, 1.165) is 19.4 Å². The predicted molar refractivity (Wildman–Crippen MR) is 92.2 cm³/mol. The van der Waals surface area contributed by atoms with Crippen LogP contribution in [0.15, 0.2) is 36.7 Å². The Morgan fingerprint density at radius 3 is 2.88 bits per heavy atom. The number of carbonyl (C=O) groups is 2. The molecule has 1 N–H and O–H groups in total. The highest BCUT2D eigenvalue weighted by atomic mass is 35.5. The number of rotatable bonds is 3. The fourth-order valence-electron chi connectivity index (χ4n) is 2.96. The van der Waals surface area contributed by atoms with Crippen molar-refractivity contribution in [3.8, 4) is 5.69 Å².